The summed E-state index contributed by atoms with van der Waals surface area (Å²) in [5.41, 5.74) is 0. The third kappa shape index (κ3) is 2.96. The van der Waals surface area contributed by atoms with E-state index in [0.717, 1.165) is 32.6 Å². The summed E-state index contributed by atoms with van der Waals surface area (Å²) >= 11 is 0. The molecule has 1 aliphatic heterocycles. The monoisotopic (exact) mass is 199 g/mol. The van der Waals surface area contributed by atoms with E-state index < -0.39 is 0 Å². The molecule has 14 heavy (non-hydrogen) atoms. The van der Waals surface area contributed by atoms with E-state index in [4.69, 9.17) is 0 Å². The van der Waals surface area contributed by atoms with E-state index in [0.29, 0.717) is 0 Å². The van der Waals surface area contributed by atoms with E-state index in [9.17, 15) is 4.79 Å². The van der Waals surface area contributed by atoms with Gasteiger partial charge in [-0.25, -0.2) is 0 Å². The number of nitrogens with zero attached hydrogens (tertiary/aromatic N) is 2. The molecule has 1 saturated heterocycles. The van der Waals surface area contributed by atoms with E-state index in [1.54, 1.807) is 0 Å². The fourth-order valence-corrected chi connectivity index (χ4v) is 1.66. The van der Waals surface area contributed by atoms with Crippen LogP contribution in [0, 0.1) is 0 Å². The predicted molar refractivity (Wildman–Crippen MR) is 57.2 cm³/mol. The molecule has 1 rings (SSSR count). The topological polar surface area (TPSA) is 35.6 Å². The van der Waals surface area contributed by atoms with Crippen LogP contribution in [0.4, 0.5) is 0 Å². The zero-order chi connectivity index (χ0) is 10.6. The molecule has 0 aliphatic carbocycles. The minimum atomic E-state index is -0.0570. The van der Waals surface area contributed by atoms with E-state index in [2.05, 4.69) is 17.3 Å². The summed E-state index contributed by atoms with van der Waals surface area (Å²) in [5.74, 6) is 0.225. The number of carbonyl (C=O) groups is 1. The highest BCUT2D eigenvalue weighted by Gasteiger charge is 2.20. The molecule has 0 saturated carbocycles. The molecule has 0 bridgehead atoms. The van der Waals surface area contributed by atoms with Crippen LogP contribution in [0.2, 0.25) is 0 Å². The summed E-state index contributed by atoms with van der Waals surface area (Å²) < 4.78 is 0. The molecule has 1 N–H and O–H groups in total. The highest BCUT2D eigenvalue weighted by atomic mass is 16.2. The van der Waals surface area contributed by atoms with Gasteiger partial charge < -0.3 is 15.1 Å². The molecule has 82 valence electrons. The number of hydrogen-bond donors (Lipinski definition) is 1. The molecule has 1 amide bonds. The van der Waals surface area contributed by atoms with Crippen molar-refractivity contribution in [3.63, 3.8) is 0 Å². The summed E-state index contributed by atoms with van der Waals surface area (Å²) in [7, 11) is 3.93. The first-order chi connectivity index (χ1) is 6.65. The highest BCUT2D eigenvalue weighted by molar-refractivity contribution is 5.81. The van der Waals surface area contributed by atoms with Crippen molar-refractivity contribution in [3.05, 3.63) is 0 Å². The lowest BCUT2D eigenvalue weighted by Crippen LogP contribution is -2.44. The van der Waals surface area contributed by atoms with Gasteiger partial charge in [-0.3, -0.25) is 4.79 Å². The summed E-state index contributed by atoms with van der Waals surface area (Å²) in [5, 5.41) is 2.99. The van der Waals surface area contributed by atoms with Crippen molar-refractivity contribution in [1.29, 1.82) is 0 Å². The molecule has 0 radical (unpaired) electrons. The van der Waals surface area contributed by atoms with E-state index in [-0.39, 0.29) is 11.9 Å². The number of hydrogen-bond acceptors (Lipinski definition) is 3. The van der Waals surface area contributed by atoms with Crippen LogP contribution in [0.5, 0.6) is 0 Å². The standard InChI is InChI=1S/C10H21N3O/c1-9(11-2)10(14)13-6-4-5-12(3)7-8-13/h9,11H,4-8H2,1-3H3. The molecular weight excluding hydrogens is 178 g/mol. The Morgan fingerprint density at radius 2 is 2.00 bits per heavy atom. The third-order valence-corrected chi connectivity index (χ3v) is 2.83. The maximum atomic E-state index is 11.8. The lowest BCUT2D eigenvalue weighted by molar-refractivity contribution is -0.132. The van der Waals surface area contributed by atoms with E-state index in [1.807, 2.05) is 18.9 Å². The second-order valence-electron chi connectivity index (χ2n) is 3.99. The summed E-state index contributed by atoms with van der Waals surface area (Å²) in [6, 6.07) is -0.0570. The van der Waals surface area contributed by atoms with Gasteiger partial charge in [0, 0.05) is 19.6 Å². The van der Waals surface area contributed by atoms with Crippen LogP contribution >= 0.6 is 0 Å². The molecule has 0 aromatic carbocycles. The number of carbonyl (C=O) groups excluding carboxylic acids is 1. The Kier molecular flexibility index (Phi) is 4.35. The fourth-order valence-electron chi connectivity index (χ4n) is 1.66. The average molecular weight is 199 g/mol. The van der Waals surface area contributed by atoms with Gasteiger partial charge in [-0.05, 0) is 34.0 Å². The van der Waals surface area contributed by atoms with Crippen LogP contribution in [0.25, 0.3) is 0 Å². The average Bonchev–Trinajstić information content (AvgIpc) is 2.40. The van der Waals surface area contributed by atoms with Gasteiger partial charge in [0.1, 0.15) is 0 Å². The van der Waals surface area contributed by atoms with Crippen LogP contribution in [-0.2, 0) is 4.79 Å². The van der Waals surface area contributed by atoms with Crippen LogP contribution in [0.1, 0.15) is 13.3 Å². The lowest BCUT2D eigenvalue weighted by Gasteiger charge is -2.23. The minimum absolute atomic E-state index is 0.0570. The summed E-state index contributed by atoms with van der Waals surface area (Å²) in [4.78, 5) is 16.1. The van der Waals surface area contributed by atoms with Crippen LogP contribution < -0.4 is 5.32 Å². The van der Waals surface area contributed by atoms with Crippen molar-refractivity contribution >= 4 is 5.91 Å². The Balaban J connectivity index is 2.47. The minimum Gasteiger partial charge on any atom is -0.340 e. The van der Waals surface area contributed by atoms with Crippen molar-refractivity contribution in [2.24, 2.45) is 0 Å². The maximum Gasteiger partial charge on any atom is 0.239 e. The van der Waals surface area contributed by atoms with Gasteiger partial charge in [0.05, 0.1) is 6.04 Å². The molecule has 1 unspecified atom stereocenters. The van der Waals surface area contributed by atoms with Gasteiger partial charge in [0.25, 0.3) is 0 Å². The number of nitrogens with one attached hydrogen (secondary N) is 1. The summed E-state index contributed by atoms with van der Waals surface area (Å²) in [6.07, 6.45) is 1.08. The first-order valence-corrected chi connectivity index (χ1v) is 5.29. The van der Waals surface area contributed by atoms with Gasteiger partial charge in [-0.1, -0.05) is 0 Å². The highest BCUT2D eigenvalue weighted by Crippen LogP contribution is 2.03. The molecule has 1 fully saturated rings. The summed E-state index contributed by atoms with van der Waals surface area (Å²) in [6.45, 7) is 5.76. The molecular formula is C10H21N3O. The number of amides is 1. The Bertz CT molecular complexity index is 196. The van der Waals surface area contributed by atoms with Crippen molar-refractivity contribution in [2.75, 3.05) is 40.3 Å². The molecule has 4 nitrogen and oxygen atoms in total. The van der Waals surface area contributed by atoms with Gasteiger partial charge in [-0.2, -0.15) is 0 Å². The van der Waals surface area contributed by atoms with Gasteiger partial charge in [0.2, 0.25) is 5.91 Å². The Morgan fingerprint density at radius 1 is 1.29 bits per heavy atom. The van der Waals surface area contributed by atoms with Crippen LogP contribution in [-0.4, -0.2) is 62.0 Å². The zero-order valence-corrected chi connectivity index (χ0v) is 9.42. The Morgan fingerprint density at radius 3 is 2.64 bits per heavy atom. The first-order valence-electron chi connectivity index (χ1n) is 5.29. The molecule has 1 heterocycles. The molecule has 0 aromatic heterocycles. The van der Waals surface area contributed by atoms with E-state index in [1.165, 1.54) is 0 Å². The predicted octanol–water partition coefficient (Wildman–Crippen LogP) is -0.242. The maximum absolute atomic E-state index is 11.8. The second-order valence-corrected chi connectivity index (χ2v) is 3.99. The SMILES string of the molecule is CNC(C)C(=O)N1CCCN(C)CC1. The Labute approximate surface area is 86.2 Å². The zero-order valence-electron chi connectivity index (χ0n) is 9.42. The Hall–Kier alpha value is -0.610. The van der Waals surface area contributed by atoms with E-state index >= 15 is 0 Å². The van der Waals surface area contributed by atoms with Crippen LogP contribution in [0.15, 0.2) is 0 Å². The van der Waals surface area contributed by atoms with Crippen molar-refractivity contribution in [3.8, 4) is 0 Å². The lowest BCUT2D eigenvalue weighted by atomic mass is 10.2. The van der Waals surface area contributed by atoms with Gasteiger partial charge in [-0.15, -0.1) is 0 Å². The van der Waals surface area contributed by atoms with Crippen molar-refractivity contribution < 1.29 is 4.79 Å². The molecule has 4 heteroatoms. The van der Waals surface area contributed by atoms with Gasteiger partial charge >= 0.3 is 0 Å². The molecule has 1 atom stereocenters. The quantitative estimate of drug-likeness (QED) is 0.666. The number of rotatable bonds is 2. The smallest absolute Gasteiger partial charge is 0.239 e. The second kappa shape index (κ2) is 5.32. The van der Waals surface area contributed by atoms with Crippen molar-refractivity contribution in [2.45, 2.75) is 19.4 Å². The third-order valence-electron chi connectivity index (χ3n) is 2.83. The largest absolute Gasteiger partial charge is 0.340 e. The molecule has 0 aromatic rings. The normalized spacial score (nSPS) is 21.8. The van der Waals surface area contributed by atoms with Gasteiger partial charge in [0.15, 0.2) is 0 Å². The molecule has 0 spiro atoms. The van der Waals surface area contributed by atoms with Crippen LogP contribution in [0.3, 0.4) is 0 Å². The molecule has 1 aliphatic rings. The fraction of sp³-hybridized carbons (Fsp3) is 0.900. The number of likely N-dealkylation sites (N-methyl/N-ethyl adjacent to an activating group) is 2. The first kappa shape index (κ1) is 11.5. The van der Waals surface area contributed by atoms with Crippen molar-refractivity contribution in [1.82, 2.24) is 15.1 Å².